The summed E-state index contributed by atoms with van der Waals surface area (Å²) in [7, 11) is 0. The molecule has 0 saturated carbocycles. The lowest BCUT2D eigenvalue weighted by atomic mass is 10.00. The van der Waals surface area contributed by atoms with E-state index in [2.05, 4.69) is 9.71 Å². The molecule has 7 nitrogen and oxygen atoms in total. The number of pyridine rings is 1. The highest BCUT2D eigenvalue weighted by molar-refractivity contribution is 7.90. The van der Waals surface area contributed by atoms with Gasteiger partial charge in [-0.3, -0.25) is 9.78 Å². The second kappa shape index (κ2) is 12.7. The summed E-state index contributed by atoms with van der Waals surface area (Å²) in [5.74, 6) is -2.06. The van der Waals surface area contributed by atoms with Gasteiger partial charge in [0, 0.05) is 39.6 Å². The van der Waals surface area contributed by atoms with Gasteiger partial charge in [0.05, 0.1) is 25.3 Å². The molecule has 0 spiro atoms. The summed E-state index contributed by atoms with van der Waals surface area (Å²) >= 11 is -1.50. The van der Waals surface area contributed by atoms with E-state index in [9.17, 15) is 22.5 Å². The van der Waals surface area contributed by atoms with E-state index in [0.717, 1.165) is 6.07 Å². The monoisotopic (exact) mass is 606 g/mol. The Kier molecular flexibility index (Phi) is 9.49. The highest BCUT2D eigenvalue weighted by Crippen LogP contribution is 2.39. The lowest BCUT2D eigenvalue weighted by molar-refractivity contribution is -0.152. The van der Waals surface area contributed by atoms with Gasteiger partial charge in [0.15, 0.2) is 5.82 Å². The topological polar surface area (TPSA) is 96.7 Å². The number of hydrogen-bond acceptors (Lipinski definition) is 7. The van der Waals surface area contributed by atoms with Gasteiger partial charge in [-0.1, -0.05) is 18.2 Å². The van der Waals surface area contributed by atoms with Crippen molar-refractivity contribution >= 4 is 28.3 Å². The summed E-state index contributed by atoms with van der Waals surface area (Å²) < 4.78 is 87.2. The van der Waals surface area contributed by atoms with Gasteiger partial charge < -0.3 is 18.4 Å². The first-order valence-corrected chi connectivity index (χ1v) is 14.2. The first-order chi connectivity index (χ1) is 19.8. The molecular weight excluding hydrogens is 576 g/mol. The maximum Gasteiger partial charge on any atom is 0.449 e. The molecule has 4 aromatic rings. The highest BCUT2D eigenvalue weighted by atomic mass is 32.2. The number of carbonyl (C=O) groups excluding carboxylic acids is 1. The average Bonchev–Trinajstić information content (AvgIpc) is 3.36. The van der Waals surface area contributed by atoms with Crippen LogP contribution in [0.5, 0.6) is 5.75 Å². The van der Waals surface area contributed by atoms with E-state index in [1.807, 2.05) is 0 Å². The molecule has 2 aromatic carbocycles. The van der Waals surface area contributed by atoms with Gasteiger partial charge in [0.25, 0.3) is 0 Å². The van der Waals surface area contributed by atoms with Gasteiger partial charge in [-0.2, -0.15) is 13.2 Å². The molecule has 0 amide bonds. The summed E-state index contributed by atoms with van der Waals surface area (Å²) in [5.41, 5.74) is 0.819. The van der Waals surface area contributed by atoms with Crippen molar-refractivity contribution in [3.63, 3.8) is 0 Å². The Morgan fingerprint density at radius 2 is 1.83 bits per heavy atom. The van der Waals surface area contributed by atoms with Gasteiger partial charge in [-0.05, 0) is 63.6 Å². The number of para-hydroxylation sites is 1. The largest absolute Gasteiger partial charge is 0.598 e. The van der Waals surface area contributed by atoms with Crippen LogP contribution in [-0.2, 0) is 46.6 Å². The van der Waals surface area contributed by atoms with E-state index in [4.69, 9.17) is 13.9 Å². The van der Waals surface area contributed by atoms with E-state index in [0.29, 0.717) is 16.9 Å². The summed E-state index contributed by atoms with van der Waals surface area (Å²) in [5, 5.41) is 0.1000. The number of fused-ring (bicyclic) bond motifs is 1. The van der Waals surface area contributed by atoms with Crippen molar-refractivity contribution in [3.8, 4) is 16.9 Å². The number of furan rings is 1. The molecule has 2 heterocycles. The molecule has 42 heavy (non-hydrogen) atoms. The fourth-order valence-electron chi connectivity index (χ4n) is 4.13. The minimum atomic E-state index is -4.76. The number of ether oxygens (including phenoxy) is 2. The Morgan fingerprint density at radius 3 is 2.52 bits per heavy atom. The molecule has 0 saturated heterocycles. The van der Waals surface area contributed by atoms with Crippen LogP contribution in [0.3, 0.4) is 0 Å². The SMILES string of the molecule is CCOC(=O)Cc1ccccc1OCc1cc(-c2ccnc(CN[S+]([O-])C(C)(C)C)c2F)c2oc(C(F)(F)F)cc2c1. The Hall–Kier alpha value is -3.61. The van der Waals surface area contributed by atoms with E-state index in [1.165, 1.54) is 24.4 Å². The molecule has 0 fully saturated rings. The molecule has 1 unspecified atom stereocenters. The van der Waals surface area contributed by atoms with Crippen molar-refractivity contribution in [2.45, 2.75) is 58.2 Å². The first kappa shape index (κ1) is 31.3. The summed E-state index contributed by atoms with van der Waals surface area (Å²) in [6, 6.07) is 12.0. The number of nitrogens with one attached hydrogen (secondary N) is 1. The second-order valence-electron chi connectivity index (χ2n) is 10.4. The van der Waals surface area contributed by atoms with Gasteiger partial charge in [-0.25, -0.2) is 4.39 Å². The number of rotatable bonds is 10. The minimum Gasteiger partial charge on any atom is -0.598 e. The lowest BCUT2D eigenvalue weighted by Gasteiger charge is -2.23. The van der Waals surface area contributed by atoms with Crippen molar-refractivity contribution in [1.29, 1.82) is 0 Å². The molecule has 1 atom stereocenters. The van der Waals surface area contributed by atoms with Gasteiger partial charge in [0.1, 0.15) is 22.7 Å². The number of aromatic nitrogens is 1. The number of hydrogen-bond donors (Lipinski definition) is 1. The van der Waals surface area contributed by atoms with Crippen molar-refractivity contribution in [2.75, 3.05) is 6.61 Å². The van der Waals surface area contributed by atoms with Crippen LogP contribution in [0.15, 0.2) is 59.1 Å². The molecule has 0 aliphatic carbocycles. The Labute approximate surface area is 243 Å². The van der Waals surface area contributed by atoms with Gasteiger partial charge in [-0.15, -0.1) is 4.72 Å². The molecule has 1 N–H and O–H groups in total. The van der Waals surface area contributed by atoms with Crippen LogP contribution in [0.1, 0.15) is 50.3 Å². The molecule has 2 aromatic heterocycles. The van der Waals surface area contributed by atoms with E-state index >= 15 is 4.39 Å². The van der Waals surface area contributed by atoms with E-state index in [-0.39, 0.29) is 54.0 Å². The maximum atomic E-state index is 15.8. The molecular formula is C30H30F4N2O5S. The number of alkyl halides is 3. The minimum absolute atomic E-state index is 0.0238. The predicted octanol–water partition coefficient (Wildman–Crippen LogP) is 6.89. The molecule has 0 bridgehead atoms. The number of esters is 1. The maximum absolute atomic E-state index is 15.8. The second-order valence-corrected chi connectivity index (χ2v) is 12.4. The van der Waals surface area contributed by atoms with E-state index in [1.54, 1.807) is 52.0 Å². The molecule has 0 aliphatic rings. The Bertz CT molecular complexity index is 1570. The molecule has 0 aliphatic heterocycles. The molecule has 4 rings (SSSR count). The first-order valence-electron chi connectivity index (χ1n) is 13.1. The van der Waals surface area contributed by atoms with Crippen LogP contribution in [0.2, 0.25) is 0 Å². The predicted molar refractivity (Wildman–Crippen MR) is 150 cm³/mol. The highest BCUT2D eigenvalue weighted by Gasteiger charge is 2.36. The van der Waals surface area contributed by atoms with Crippen molar-refractivity contribution in [1.82, 2.24) is 9.71 Å². The van der Waals surface area contributed by atoms with Crippen LogP contribution in [0.4, 0.5) is 17.6 Å². The smallest absolute Gasteiger partial charge is 0.449 e. The zero-order valence-electron chi connectivity index (χ0n) is 23.4. The third-order valence-electron chi connectivity index (χ3n) is 6.14. The summed E-state index contributed by atoms with van der Waals surface area (Å²) in [6.07, 6.45) is -3.46. The number of carbonyl (C=O) groups is 1. The zero-order valence-corrected chi connectivity index (χ0v) is 24.2. The standard InChI is InChI=1S/C30H30F4N2O5S/c1-5-39-26(37)15-19-8-6-7-9-24(19)40-17-18-12-20-14-25(30(32,33)34)41-28(20)22(13-18)21-10-11-35-23(27(21)31)16-36-42(38)29(2,3)4/h6-14,36H,5,15-17H2,1-4H3. The van der Waals surface area contributed by atoms with Crippen molar-refractivity contribution < 1.29 is 40.8 Å². The third kappa shape index (κ3) is 7.42. The molecule has 12 heteroatoms. The van der Waals surface area contributed by atoms with Crippen LogP contribution in [0, 0.1) is 5.82 Å². The third-order valence-corrected chi connectivity index (χ3v) is 7.66. The summed E-state index contributed by atoms with van der Waals surface area (Å²) in [4.78, 5) is 16.1. The number of benzene rings is 2. The van der Waals surface area contributed by atoms with Gasteiger partial charge in [0.2, 0.25) is 5.76 Å². The quantitative estimate of drug-likeness (QED) is 0.119. The zero-order chi connectivity index (χ0) is 30.7. The van der Waals surface area contributed by atoms with E-state index < -0.39 is 39.8 Å². The number of nitrogens with zero attached hydrogens (tertiary/aromatic N) is 1. The van der Waals surface area contributed by atoms with Crippen LogP contribution in [0.25, 0.3) is 22.1 Å². The van der Waals surface area contributed by atoms with Crippen LogP contribution in [-0.4, -0.2) is 26.9 Å². The normalized spacial score (nSPS) is 12.9. The van der Waals surface area contributed by atoms with Gasteiger partial charge >= 0.3 is 12.1 Å². The van der Waals surface area contributed by atoms with Crippen LogP contribution >= 0.6 is 0 Å². The Balaban J connectivity index is 1.71. The Morgan fingerprint density at radius 1 is 1.10 bits per heavy atom. The average molecular weight is 607 g/mol. The van der Waals surface area contributed by atoms with Crippen molar-refractivity contribution in [3.05, 3.63) is 83.1 Å². The summed E-state index contributed by atoms with van der Waals surface area (Å²) in [6.45, 7) is 6.93. The lowest BCUT2D eigenvalue weighted by Crippen LogP contribution is -2.39. The number of halogens is 4. The van der Waals surface area contributed by atoms with Crippen molar-refractivity contribution in [2.24, 2.45) is 0 Å². The fourth-order valence-corrected chi connectivity index (χ4v) is 4.83. The molecule has 224 valence electrons. The molecule has 0 radical (unpaired) electrons. The fraction of sp³-hybridized carbons (Fsp3) is 0.333. The van der Waals surface area contributed by atoms with Crippen LogP contribution < -0.4 is 9.46 Å².